The average Bonchev–Trinajstić information content (AvgIpc) is 3.69. The maximum atomic E-state index is 10.9. The summed E-state index contributed by atoms with van der Waals surface area (Å²) in [6.45, 7) is 0. The van der Waals surface area contributed by atoms with E-state index < -0.39 is 0 Å². The first kappa shape index (κ1) is 29.5. The minimum absolute atomic E-state index is 0.0804. The van der Waals surface area contributed by atoms with Gasteiger partial charge >= 0.3 is 0 Å². The van der Waals surface area contributed by atoms with Crippen molar-refractivity contribution in [3.8, 4) is 23.9 Å². The number of fused-ring (bicyclic) bond motifs is 6. The highest BCUT2D eigenvalue weighted by molar-refractivity contribution is 6.10. The van der Waals surface area contributed by atoms with E-state index in [-0.39, 0.29) is 5.92 Å². The molecule has 0 bridgehead atoms. The van der Waals surface area contributed by atoms with E-state index in [0.29, 0.717) is 27.9 Å². The molecule has 6 aromatic rings. The van der Waals surface area contributed by atoms with E-state index in [1.165, 1.54) is 33.4 Å². The fourth-order valence-corrected chi connectivity index (χ4v) is 8.38. The van der Waals surface area contributed by atoms with E-state index in [9.17, 15) is 15.8 Å². The van der Waals surface area contributed by atoms with E-state index >= 15 is 0 Å². The Balaban J connectivity index is 1.24. The molecule has 0 radical (unpaired) electrons. The minimum atomic E-state index is 0.0804. The predicted octanol–water partition coefficient (Wildman–Crippen LogP) is 10.5. The quantitative estimate of drug-likeness (QED) is 0.192. The molecule has 3 aliphatic rings. The third-order valence-corrected chi connectivity index (χ3v) is 10.5. The standard InChI is InChI=1S/C45H31N5/c46-26-29-20-22-43-37(24-29)36-15-4-8-19-42(36)50(43)44-23-21-32(27-47)45(38(44)28-48)31-11-9-10-30(25-31)33-12-1-5-16-39(33)49-40-17-6-2-13-34(40)35-14-3-7-18-41(35)49/h1-4,6,8-9,11-15,17,19-25,30H,5,7,10,16,18H2. The van der Waals surface area contributed by atoms with E-state index in [2.05, 4.69) is 94.1 Å². The lowest BCUT2D eigenvalue weighted by atomic mass is 9.82. The number of allylic oxidation sites excluding steroid dienone is 9. The molecule has 4 aromatic carbocycles. The van der Waals surface area contributed by atoms with Crippen LogP contribution in [0.5, 0.6) is 0 Å². The topological polar surface area (TPSA) is 81.2 Å². The third kappa shape index (κ3) is 4.43. The maximum absolute atomic E-state index is 10.9. The van der Waals surface area contributed by atoms with Gasteiger partial charge < -0.3 is 9.13 Å². The fraction of sp³-hybridized carbons (Fsp3) is 0.133. The molecule has 0 saturated carbocycles. The Morgan fingerprint density at radius 2 is 1.40 bits per heavy atom. The Morgan fingerprint density at radius 1 is 0.640 bits per heavy atom. The molecule has 236 valence electrons. The van der Waals surface area contributed by atoms with Gasteiger partial charge in [-0.2, -0.15) is 15.8 Å². The molecule has 9 rings (SSSR count). The zero-order valence-electron chi connectivity index (χ0n) is 27.4. The number of aromatic nitrogens is 2. The van der Waals surface area contributed by atoms with Crippen molar-refractivity contribution in [3.63, 3.8) is 0 Å². The zero-order chi connectivity index (χ0) is 33.8. The van der Waals surface area contributed by atoms with Crippen LogP contribution in [0, 0.1) is 39.9 Å². The SMILES string of the molecule is N#Cc1ccc2c(c1)c1ccccc1n2-c1ccc(C#N)c(C2=CC(C3=C(n4c5c(c6ccccc64)C=CCC5)CCC=C3)CC=C2)c1C#N. The van der Waals surface area contributed by atoms with Crippen molar-refractivity contribution in [2.24, 2.45) is 5.92 Å². The number of rotatable bonds is 4. The molecule has 2 aromatic heterocycles. The fourth-order valence-electron chi connectivity index (χ4n) is 8.38. The molecule has 1 atom stereocenters. The van der Waals surface area contributed by atoms with Gasteiger partial charge in [0.25, 0.3) is 0 Å². The summed E-state index contributed by atoms with van der Waals surface area (Å²) in [5.74, 6) is 0.0804. The first-order valence-corrected chi connectivity index (χ1v) is 17.2. The van der Waals surface area contributed by atoms with Gasteiger partial charge in [-0.15, -0.1) is 0 Å². The Bertz CT molecular complexity index is 2720. The minimum Gasteiger partial charge on any atom is -0.316 e. The summed E-state index contributed by atoms with van der Waals surface area (Å²) in [6, 6.07) is 33.4. The molecule has 0 spiro atoms. The molecule has 0 amide bonds. The lowest BCUT2D eigenvalue weighted by Crippen LogP contribution is -2.14. The monoisotopic (exact) mass is 641 g/mol. The molecular formula is C45H31N5. The molecular weight excluding hydrogens is 611 g/mol. The van der Waals surface area contributed by atoms with Gasteiger partial charge in [-0.05, 0) is 85.7 Å². The van der Waals surface area contributed by atoms with Gasteiger partial charge in [-0.3, -0.25) is 0 Å². The van der Waals surface area contributed by atoms with Crippen LogP contribution in [0.1, 0.15) is 59.2 Å². The Morgan fingerprint density at radius 3 is 2.22 bits per heavy atom. The third-order valence-electron chi connectivity index (χ3n) is 10.5. The second-order valence-electron chi connectivity index (χ2n) is 13.2. The summed E-state index contributed by atoms with van der Waals surface area (Å²) in [4.78, 5) is 0. The largest absolute Gasteiger partial charge is 0.316 e. The Hall–Kier alpha value is -6.61. The van der Waals surface area contributed by atoms with Crippen LogP contribution in [-0.4, -0.2) is 9.13 Å². The summed E-state index contributed by atoms with van der Waals surface area (Å²) in [7, 11) is 0. The van der Waals surface area contributed by atoms with Crippen molar-refractivity contribution in [2.45, 2.75) is 32.1 Å². The molecule has 0 fully saturated rings. The molecule has 50 heavy (non-hydrogen) atoms. The highest BCUT2D eigenvalue weighted by Crippen LogP contribution is 2.42. The number of hydrogen-bond acceptors (Lipinski definition) is 3. The van der Waals surface area contributed by atoms with E-state index in [4.69, 9.17) is 0 Å². The van der Waals surface area contributed by atoms with Gasteiger partial charge in [0, 0.05) is 44.6 Å². The van der Waals surface area contributed by atoms with Crippen molar-refractivity contribution < 1.29 is 0 Å². The number of para-hydroxylation sites is 2. The van der Waals surface area contributed by atoms with Crippen molar-refractivity contribution in [1.82, 2.24) is 9.13 Å². The van der Waals surface area contributed by atoms with Crippen molar-refractivity contribution >= 4 is 50.1 Å². The summed E-state index contributed by atoms with van der Waals surface area (Å²) >= 11 is 0. The Kier molecular flexibility index (Phi) is 6.98. The molecule has 0 saturated heterocycles. The number of benzene rings is 4. The molecule has 2 heterocycles. The van der Waals surface area contributed by atoms with Crippen molar-refractivity contribution in [3.05, 3.63) is 154 Å². The van der Waals surface area contributed by atoms with Gasteiger partial charge in [-0.25, -0.2) is 0 Å². The van der Waals surface area contributed by atoms with Gasteiger partial charge in [0.15, 0.2) is 0 Å². The smallest absolute Gasteiger partial charge is 0.102 e. The molecule has 0 N–H and O–H groups in total. The summed E-state index contributed by atoms with van der Waals surface area (Å²) in [5, 5.41) is 34.2. The number of nitrogens with zero attached hydrogens (tertiary/aromatic N) is 5. The molecule has 0 aliphatic heterocycles. The molecule has 1 unspecified atom stereocenters. The molecule has 5 nitrogen and oxygen atoms in total. The summed E-state index contributed by atoms with van der Waals surface area (Å²) in [6.07, 6.45) is 20.5. The van der Waals surface area contributed by atoms with Crippen LogP contribution in [0.2, 0.25) is 0 Å². The first-order valence-electron chi connectivity index (χ1n) is 17.2. The van der Waals surface area contributed by atoms with Gasteiger partial charge in [0.1, 0.15) is 6.07 Å². The normalized spacial score (nSPS) is 16.7. The van der Waals surface area contributed by atoms with Crippen LogP contribution in [0.25, 0.3) is 55.7 Å². The van der Waals surface area contributed by atoms with Crippen molar-refractivity contribution in [1.29, 1.82) is 15.8 Å². The zero-order valence-corrected chi connectivity index (χ0v) is 27.4. The first-order chi connectivity index (χ1) is 24.7. The lowest BCUT2D eigenvalue weighted by molar-refractivity contribution is 0.758. The molecule has 3 aliphatic carbocycles. The second kappa shape index (κ2) is 11.8. The van der Waals surface area contributed by atoms with Gasteiger partial charge in [0.05, 0.1) is 51.1 Å². The lowest BCUT2D eigenvalue weighted by Gasteiger charge is -2.27. The van der Waals surface area contributed by atoms with Crippen LogP contribution >= 0.6 is 0 Å². The van der Waals surface area contributed by atoms with Gasteiger partial charge in [-0.1, -0.05) is 78.9 Å². The number of hydrogen-bond donors (Lipinski definition) is 0. The van der Waals surface area contributed by atoms with Crippen molar-refractivity contribution in [2.75, 3.05) is 0 Å². The van der Waals surface area contributed by atoms with E-state index in [0.717, 1.165) is 59.5 Å². The highest BCUT2D eigenvalue weighted by atomic mass is 15.0. The average molecular weight is 642 g/mol. The van der Waals surface area contributed by atoms with E-state index in [1.54, 1.807) is 0 Å². The van der Waals surface area contributed by atoms with Crippen LogP contribution in [0.3, 0.4) is 0 Å². The summed E-state index contributed by atoms with van der Waals surface area (Å²) in [5.41, 5.74) is 12.2. The van der Waals surface area contributed by atoms with Crippen LogP contribution in [-0.2, 0) is 6.42 Å². The van der Waals surface area contributed by atoms with E-state index in [1.807, 2.05) is 54.6 Å². The predicted molar refractivity (Wildman–Crippen MR) is 201 cm³/mol. The second-order valence-corrected chi connectivity index (χ2v) is 13.2. The van der Waals surface area contributed by atoms with Crippen LogP contribution < -0.4 is 0 Å². The van der Waals surface area contributed by atoms with Gasteiger partial charge in [0.2, 0.25) is 0 Å². The number of nitriles is 3. The molecule has 5 heteroatoms. The maximum Gasteiger partial charge on any atom is 0.102 e. The van der Waals surface area contributed by atoms with Crippen LogP contribution in [0.15, 0.2) is 121 Å². The highest BCUT2D eigenvalue weighted by Gasteiger charge is 2.27. The Labute approximate surface area is 290 Å². The summed E-state index contributed by atoms with van der Waals surface area (Å²) < 4.78 is 4.62. The van der Waals surface area contributed by atoms with Crippen LogP contribution in [0.4, 0.5) is 0 Å².